The molecule has 1 unspecified atom stereocenters. The van der Waals surface area contributed by atoms with E-state index in [0.717, 1.165) is 32.0 Å². The van der Waals surface area contributed by atoms with Gasteiger partial charge in [-0.05, 0) is 13.0 Å². The third-order valence-electron chi connectivity index (χ3n) is 3.45. The van der Waals surface area contributed by atoms with Gasteiger partial charge in [-0.1, -0.05) is 5.16 Å². The van der Waals surface area contributed by atoms with Gasteiger partial charge in [0, 0.05) is 39.4 Å². The van der Waals surface area contributed by atoms with Crippen molar-refractivity contribution in [1.29, 1.82) is 0 Å². The largest absolute Gasteiger partial charge is 0.332 e. The van der Waals surface area contributed by atoms with Crippen LogP contribution in [0, 0.1) is 0 Å². The molecule has 7 nitrogen and oxygen atoms in total. The first-order chi connectivity index (χ1) is 9.24. The first kappa shape index (κ1) is 12.3. The molecule has 3 heterocycles. The van der Waals surface area contributed by atoms with Crippen molar-refractivity contribution in [3.8, 4) is 11.6 Å². The molecule has 1 aliphatic rings. The van der Waals surface area contributed by atoms with Crippen molar-refractivity contribution >= 4 is 0 Å². The van der Waals surface area contributed by atoms with Crippen LogP contribution in [0.15, 0.2) is 16.8 Å². The van der Waals surface area contributed by atoms with Gasteiger partial charge < -0.3 is 9.84 Å². The lowest BCUT2D eigenvalue weighted by molar-refractivity contribution is 0.176. The molecule has 0 bridgehead atoms. The van der Waals surface area contributed by atoms with Crippen molar-refractivity contribution in [2.75, 3.05) is 26.2 Å². The first-order valence-corrected chi connectivity index (χ1v) is 6.52. The van der Waals surface area contributed by atoms with Gasteiger partial charge in [0.05, 0.1) is 6.04 Å². The van der Waals surface area contributed by atoms with Crippen molar-refractivity contribution < 1.29 is 4.52 Å². The molecule has 3 rings (SSSR count). The Morgan fingerprint density at radius 1 is 1.37 bits per heavy atom. The predicted molar refractivity (Wildman–Crippen MR) is 69.4 cm³/mol. The van der Waals surface area contributed by atoms with Crippen LogP contribution < -0.4 is 5.32 Å². The van der Waals surface area contributed by atoms with Crippen LogP contribution in [0.5, 0.6) is 0 Å². The van der Waals surface area contributed by atoms with Crippen LogP contribution in [-0.2, 0) is 7.05 Å². The summed E-state index contributed by atoms with van der Waals surface area (Å²) in [5, 5.41) is 11.7. The maximum absolute atomic E-state index is 5.30. The Labute approximate surface area is 111 Å². The number of nitrogens with zero attached hydrogens (tertiary/aromatic N) is 5. The molecule has 102 valence electrons. The van der Waals surface area contributed by atoms with Crippen LogP contribution in [0.1, 0.15) is 18.8 Å². The molecule has 19 heavy (non-hydrogen) atoms. The van der Waals surface area contributed by atoms with Gasteiger partial charge in [-0.15, -0.1) is 0 Å². The zero-order chi connectivity index (χ0) is 13.2. The van der Waals surface area contributed by atoms with E-state index in [4.69, 9.17) is 4.52 Å². The molecule has 0 aromatic carbocycles. The lowest BCUT2D eigenvalue weighted by Crippen LogP contribution is -2.44. The first-order valence-electron chi connectivity index (χ1n) is 6.52. The molecular formula is C12H18N6O. The van der Waals surface area contributed by atoms with Gasteiger partial charge in [0.15, 0.2) is 11.5 Å². The molecular weight excluding hydrogens is 244 g/mol. The number of hydrogen-bond donors (Lipinski definition) is 1. The molecule has 0 saturated carbocycles. The highest BCUT2D eigenvalue weighted by molar-refractivity contribution is 5.44. The Bertz CT molecular complexity index is 542. The highest BCUT2D eigenvalue weighted by Gasteiger charge is 2.23. The summed E-state index contributed by atoms with van der Waals surface area (Å²) in [5.74, 6) is 1.21. The van der Waals surface area contributed by atoms with Crippen molar-refractivity contribution in [2.45, 2.75) is 13.0 Å². The Hall–Kier alpha value is -1.73. The number of aromatic nitrogens is 4. The fraction of sp³-hybridized carbons (Fsp3) is 0.583. The van der Waals surface area contributed by atoms with Gasteiger partial charge in [-0.3, -0.25) is 9.58 Å². The van der Waals surface area contributed by atoms with Gasteiger partial charge in [0.1, 0.15) is 0 Å². The summed E-state index contributed by atoms with van der Waals surface area (Å²) in [6.07, 6.45) is 1.86. The topological polar surface area (TPSA) is 72.0 Å². The van der Waals surface area contributed by atoms with Crippen molar-refractivity contribution in [3.05, 3.63) is 18.1 Å². The Morgan fingerprint density at radius 2 is 2.16 bits per heavy atom. The second-order valence-corrected chi connectivity index (χ2v) is 4.79. The normalized spacial score (nSPS) is 18.6. The molecule has 0 amide bonds. The average molecular weight is 262 g/mol. The second kappa shape index (κ2) is 5.10. The van der Waals surface area contributed by atoms with Crippen LogP contribution in [0.4, 0.5) is 0 Å². The van der Waals surface area contributed by atoms with Crippen LogP contribution in [0.25, 0.3) is 11.6 Å². The fourth-order valence-corrected chi connectivity index (χ4v) is 2.27. The monoisotopic (exact) mass is 262 g/mol. The standard InChI is InChI=1S/C12H18N6O/c1-9(18-7-4-13-5-8-18)11-14-12(19-16-11)10-3-6-17(2)15-10/h3,6,9,13H,4-5,7-8H2,1-2H3. The van der Waals surface area contributed by atoms with Gasteiger partial charge in [0.25, 0.3) is 5.89 Å². The zero-order valence-corrected chi connectivity index (χ0v) is 11.2. The summed E-state index contributed by atoms with van der Waals surface area (Å²) >= 11 is 0. The van der Waals surface area contributed by atoms with Gasteiger partial charge in [-0.2, -0.15) is 10.1 Å². The van der Waals surface area contributed by atoms with Crippen molar-refractivity contribution in [1.82, 2.24) is 30.1 Å². The SMILES string of the molecule is CC(c1noc(-c2ccn(C)n2)n1)N1CCNCC1. The zero-order valence-electron chi connectivity index (χ0n) is 11.2. The summed E-state index contributed by atoms with van der Waals surface area (Å²) < 4.78 is 7.02. The van der Waals surface area contributed by atoms with Crippen LogP contribution in [0.2, 0.25) is 0 Å². The molecule has 2 aromatic rings. The smallest absolute Gasteiger partial charge is 0.278 e. The van der Waals surface area contributed by atoms with Crippen LogP contribution >= 0.6 is 0 Å². The Kier molecular flexibility index (Phi) is 3.31. The van der Waals surface area contributed by atoms with E-state index in [9.17, 15) is 0 Å². The van der Waals surface area contributed by atoms with E-state index >= 15 is 0 Å². The van der Waals surface area contributed by atoms with Crippen LogP contribution in [0.3, 0.4) is 0 Å². The van der Waals surface area contributed by atoms with Gasteiger partial charge >= 0.3 is 0 Å². The van der Waals surface area contributed by atoms with E-state index in [2.05, 4.69) is 32.4 Å². The predicted octanol–water partition coefficient (Wildman–Crippen LogP) is 0.436. The lowest BCUT2D eigenvalue weighted by atomic mass is 10.2. The number of hydrogen-bond acceptors (Lipinski definition) is 6. The van der Waals surface area contributed by atoms with E-state index in [0.29, 0.717) is 11.6 Å². The maximum atomic E-state index is 5.30. The summed E-state index contributed by atoms with van der Waals surface area (Å²) in [6.45, 7) is 6.15. The summed E-state index contributed by atoms with van der Waals surface area (Å²) in [7, 11) is 1.87. The van der Waals surface area contributed by atoms with E-state index in [1.807, 2.05) is 19.3 Å². The van der Waals surface area contributed by atoms with E-state index in [1.165, 1.54) is 0 Å². The van der Waals surface area contributed by atoms with Crippen molar-refractivity contribution in [2.24, 2.45) is 7.05 Å². The number of nitrogens with one attached hydrogen (secondary N) is 1. The molecule has 7 heteroatoms. The van der Waals surface area contributed by atoms with Gasteiger partial charge in [-0.25, -0.2) is 0 Å². The Balaban J connectivity index is 1.76. The minimum absolute atomic E-state index is 0.170. The molecule has 1 saturated heterocycles. The number of piperazine rings is 1. The molecule has 1 N–H and O–H groups in total. The summed E-state index contributed by atoms with van der Waals surface area (Å²) in [4.78, 5) is 6.80. The highest BCUT2D eigenvalue weighted by atomic mass is 16.5. The minimum Gasteiger partial charge on any atom is -0.332 e. The molecule has 0 spiro atoms. The lowest BCUT2D eigenvalue weighted by Gasteiger charge is -2.30. The second-order valence-electron chi connectivity index (χ2n) is 4.79. The number of aryl methyl sites for hydroxylation is 1. The van der Waals surface area contributed by atoms with Gasteiger partial charge in [0.2, 0.25) is 0 Å². The number of rotatable bonds is 3. The molecule has 0 aliphatic carbocycles. The quantitative estimate of drug-likeness (QED) is 0.865. The van der Waals surface area contributed by atoms with E-state index < -0.39 is 0 Å². The summed E-state index contributed by atoms with van der Waals surface area (Å²) in [5.41, 5.74) is 0.716. The molecule has 1 fully saturated rings. The maximum Gasteiger partial charge on any atom is 0.278 e. The molecule has 2 aromatic heterocycles. The average Bonchev–Trinajstić information content (AvgIpc) is 3.07. The Morgan fingerprint density at radius 3 is 2.84 bits per heavy atom. The van der Waals surface area contributed by atoms with Crippen molar-refractivity contribution in [3.63, 3.8) is 0 Å². The molecule has 1 aliphatic heterocycles. The third-order valence-corrected chi connectivity index (χ3v) is 3.45. The van der Waals surface area contributed by atoms with E-state index in [-0.39, 0.29) is 6.04 Å². The minimum atomic E-state index is 0.170. The molecule has 0 radical (unpaired) electrons. The summed E-state index contributed by atoms with van der Waals surface area (Å²) in [6, 6.07) is 2.04. The van der Waals surface area contributed by atoms with Crippen LogP contribution in [-0.4, -0.2) is 51.0 Å². The fourth-order valence-electron chi connectivity index (χ4n) is 2.27. The highest BCUT2D eigenvalue weighted by Crippen LogP contribution is 2.21. The molecule has 1 atom stereocenters. The third kappa shape index (κ3) is 2.52. The van der Waals surface area contributed by atoms with E-state index in [1.54, 1.807) is 4.68 Å².